The minimum absolute atomic E-state index is 0.0246. The lowest BCUT2D eigenvalue weighted by atomic mass is 9.30. The highest BCUT2D eigenvalue weighted by Crippen LogP contribution is 2.54. The zero-order chi connectivity index (χ0) is 64.5. The van der Waals surface area contributed by atoms with E-state index in [1.165, 1.54) is 55.1 Å². The minimum atomic E-state index is -0.299. The number of para-hydroxylation sites is 7. The van der Waals surface area contributed by atoms with E-state index >= 15 is 0 Å². The maximum Gasteiger partial charge on any atom is 0.256 e. The van der Waals surface area contributed by atoms with Crippen LogP contribution in [-0.2, 0) is 21.7 Å². The summed E-state index contributed by atoms with van der Waals surface area (Å²) in [6.07, 6.45) is 4.42. The first kappa shape index (κ1) is 55.8. The lowest BCUT2D eigenvalue weighted by Crippen LogP contribution is -2.65. The average molecular weight is 1240 g/mol. The van der Waals surface area contributed by atoms with Crippen molar-refractivity contribution in [2.24, 2.45) is 0 Å². The Balaban J connectivity index is 0.932. The molecule has 2 aliphatic carbocycles. The number of aromatic nitrogens is 4. The summed E-state index contributed by atoms with van der Waals surface area (Å²) in [5.41, 5.74) is 25.6. The molecule has 0 unspecified atom stereocenters. The maximum absolute atomic E-state index is 7.36. The van der Waals surface area contributed by atoms with Crippen LogP contribution in [0.2, 0.25) is 0 Å². The second kappa shape index (κ2) is 19.5. The Kier molecular flexibility index (Phi) is 11.4. The largest absolute Gasteiger partial charge is 0.458 e. The average Bonchev–Trinajstić information content (AvgIpc) is 0.757. The molecular formula is C86H71B2N7O. The molecule has 0 atom stereocenters. The van der Waals surface area contributed by atoms with Gasteiger partial charge in [-0.3, -0.25) is 14.4 Å². The van der Waals surface area contributed by atoms with Gasteiger partial charge in [-0.05, 0) is 182 Å². The van der Waals surface area contributed by atoms with Crippen LogP contribution in [0.3, 0.4) is 0 Å². The van der Waals surface area contributed by atoms with Gasteiger partial charge in [0, 0.05) is 72.9 Å². The molecule has 3 aromatic heterocycles. The van der Waals surface area contributed by atoms with Crippen LogP contribution in [0.25, 0.3) is 55.2 Å². The zero-order valence-electron chi connectivity index (χ0n) is 55.5. The first-order valence-corrected chi connectivity index (χ1v) is 34.5. The van der Waals surface area contributed by atoms with Crippen molar-refractivity contribution in [1.29, 1.82) is 0 Å². The molecule has 6 aliphatic rings. The lowest BCUT2D eigenvalue weighted by Gasteiger charge is -2.47. The Bertz CT molecular complexity index is 5600. The van der Waals surface area contributed by atoms with Gasteiger partial charge in [-0.1, -0.05) is 201 Å². The number of anilines is 9. The molecule has 0 fully saturated rings. The molecule has 0 radical (unpaired) electrons. The number of fused-ring (bicyclic) bond motifs is 16. The maximum atomic E-state index is 7.36. The minimum Gasteiger partial charge on any atom is -0.458 e. The molecule has 0 saturated carbocycles. The van der Waals surface area contributed by atoms with Crippen molar-refractivity contribution in [1.82, 2.24) is 19.1 Å². The Labute approximate surface area is 561 Å². The Morgan fingerprint density at radius 1 is 0.312 bits per heavy atom. The smallest absolute Gasteiger partial charge is 0.256 e. The number of nitrogens with zero attached hydrogens (tertiary/aromatic N) is 7. The zero-order valence-corrected chi connectivity index (χ0v) is 55.5. The lowest BCUT2D eigenvalue weighted by molar-refractivity contribution is 0.332. The van der Waals surface area contributed by atoms with E-state index in [1.807, 2.05) is 0 Å². The second-order valence-electron chi connectivity index (χ2n) is 30.6. The predicted molar refractivity (Wildman–Crippen MR) is 401 cm³/mol. The quantitative estimate of drug-likeness (QED) is 0.160. The fourth-order valence-electron chi connectivity index (χ4n) is 18.2. The van der Waals surface area contributed by atoms with Crippen LogP contribution >= 0.6 is 0 Å². The Morgan fingerprint density at radius 2 is 0.750 bits per heavy atom. The molecule has 96 heavy (non-hydrogen) atoms. The second-order valence-corrected chi connectivity index (χ2v) is 30.6. The van der Waals surface area contributed by atoms with Crippen molar-refractivity contribution in [3.8, 4) is 23.1 Å². The van der Waals surface area contributed by atoms with Gasteiger partial charge < -0.3 is 14.2 Å². The predicted octanol–water partition coefficient (Wildman–Crippen LogP) is 17.9. The third-order valence-electron chi connectivity index (χ3n) is 23.3. The molecule has 0 saturated heterocycles. The number of rotatable bonds is 5. The number of hydrogen-bond donors (Lipinski definition) is 0. The molecule has 10 heteroatoms. The topological polar surface area (TPSA) is 54.6 Å². The summed E-state index contributed by atoms with van der Waals surface area (Å²) in [6, 6.07) is 88.6. The molecular weight excluding hydrogens is 1170 g/mol. The molecule has 8 nitrogen and oxygen atoms in total. The van der Waals surface area contributed by atoms with Gasteiger partial charge in [0.1, 0.15) is 23.1 Å². The third-order valence-corrected chi connectivity index (χ3v) is 23.3. The summed E-state index contributed by atoms with van der Waals surface area (Å²) in [7, 11) is 0. The van der Waals surface area contributed by atoms with Gasteiger partial charge in [0.15, 0.2) is 0 Å². The van der Waals surface area contributed by atoms with Crippen LogP contribution in [0.5, 0.6) is 11.5 Å². The summed E-state index contributed by atoms with van der Waals surface area (Å²) >= 11 is 0. The molecule has 11 aromatic carbocycles. The van der Waals surface area contributed by atoms with Crippen molar-refractivity contribution in [3.63, 3.8) is 0 Å². The monoisotopic (exact) mass is 1240 g/mol. The highest BCUT2D eigenvalue weighted by atomic mass is 16.5. The van der Waals surface area contributed by atoms with E-state index in [4.69, 9.17) is 14.7 Å². The fourth-order valence-corrected chi connectivity index (χ4v) is 18.2. The molecule has 0 amide bonds. The van der Waals surface area contributed by atoms with Crippen LogP contribution in [-0.4, -0.2) is 32.5 Å². The van der Waals surface area contributed by atoms with Crippen LogP contribution in [0.15, 0.2) is 237 Å². The highest BCUT2D eigenvalue weighted by Gasteiger charge is 2.51. The SMILES string of the molecule is CC1(C)CCC(C)(C)c2cc(N3c4cc5c(cc4B4c6cc7c(cc6N(c6ccccc6)c6nc(-n8c9ccccc9c9ccccc98)nc3c64)N(c3ccccc3)c3cc(-n4c6ccccc6c6ccccc64)cc4c3B7c3ccccc3O4)C(C)(C)CCC5(C)C)ccc21. The van der Waals surface area contributed by atoms with E-state index in [0.717, 1.165) is 138 Å². The Hall–Kier alpha value is -10.6. The Morgan fingerprint density at radius 3 is 1.33 bits per heavy atom. The van der Waals surface area contributed by atoms with Gasteiger partial charge in [0.2, 0.25) is 5.95 Å². The third kappa shape index (κ3) is 7.69. The molecule has 20 rings (SSSR count). The van der Waals surface area contributed by atoms with Gasteiger partial charge in [-0.15, -0.1) is 0 Å². The highest BCUT2D eigenvalue weighted by molar-refractivity contribution is 7.02. The van der Waals surface area contributed by atoms with E-state index in [1.54, 1.807) is 0 Å². The normalized spacial score (nSPS) is 16.9. The van der Waals surface area contributed by atoms with Crippen molar-refractivity contribution in [3.05, 3.63) is 259 Å². The van der Waals surface area contributed by atoms with Gasteiger partial charge in [-0.25, -0.2) is 0 Å². The van der Waals surface area contributed by atoms with Gasteiger partial charge in [0.25, 0.3) is 13.4 Å². The summed E-state index contributed by atoms with van der Waals surface area (Å²) in [5.74, 6) is 4.11. The van der Waals surface area contributed by atoms with Crippen LogP contribution in [0.4, 0.5) is 51.4 Å². The van der Waals surface area contributed by atoms with E-state index in [-0.39, 0.29) is 35.1 Å². The molecule has 14 aromatic rings. The van der Waals surface area contributed by atoms with Gasteiger partial charge in [0.05, 0.1) is 27.8 Å². The van der Waals surface area contributed by atoms with Crippen molar-refractivity contribution < 1.29 is 4.74 Å². The van der Waals surface area contributed by atoms with Crippen molar-refractivity contribution >= 4 is 141 Å². The standard InChI is InChI=1S/C86H71B2N7O/c1-83(2)41-42-84(3,4)61-45-54(39-40-60(61)83)94-72-49-63-62(85(5,6)43-44-86(63,7)8)48-65(72)88-67-50-66-73(51-74(67)93(53-27-13-10-14-28-53)80-79(88)81(94)90-82(89-80)95-70-36-22-17-31-58(70)59-32-18-23-37-71(59)95)91(52-25-11-9-12-26-52)75-46-55(47-77-78(75)87(66)64-33-19-24-38-76(64)96-77)92-68-34-20-15-29-56(68)57-30-16-21-35-69(57)92/h9-40,45-51H,41-44H2,1-8H3. The number of hydrogen-bond acceptors (Lipinski definition) is 6. The first-order chi connectivity index (χ1) is 46.6. The van der Waals surface area contributed by atoms with Gasteiger partial charge in [-0.2, -0.15) is 9.97 Å². The fraction of sp³-hybridized carbons (Fsp3) is 0.186. The molecule has 0 bridgehead atoms. The number of benzene rings is 11. The van der Waals surface area contributed by atoms with Crippen LogP contribution in [0, 0.1) is 0 Å². The molecule has 7 heterocycles. The van der Waals surface area contributed by atoms with Crippen LogP contribution in [0.1, 0.15) is 103 Å². The van der Waals surface area contributed by atoms with Crippen LogP contribution < -0.4 is 52.2 Å². The molecule has 0 spiro atoms. The van der Waals surface area contributed by atoms with Gasteiger partial charge >= 0.3 is 0 Å². The van der Waals surface area contributed by atoms with Crippen molar-refractivity contribution in [2.45, 2.75) is 103 Å². The molecule has 462 valence electrons. The van der Waals surface area contributed by atoms with E-state index < -0.39 is 0 Å². The molecule has 0 N–H and O–H groups in total. The van der Waals surface area contributed by atoms with Crippen molar-refractivity contribution in [2.75, 3.05) is 14.7 Å². The molecule has 4 aliphatic heterocycles. The van der Waals surface area contributed by atoms with E-state index in [0.29, 0.717) is 5.95 Å². The van der Waals surface area contributed by atoms with E-state index in [2.05, 4.69) is 316 Å². The van der Waals surface area contributed by atoms with E-state index in [9.17, 15) is 0 Å². The number of ether oxygens (including phenoxy) is 1. The summed E-state index contributed by atoms with van der Waals surface area (Å²) < 4.78 is 12.1. The summed E-state index contributed by atoms with van der Waals surface area (Å²) in [4.78, 5) is 20.0. The summed E-state index contributed by atoms with van der Waals surface area (Å²) in [6.45, 7) is 19.2. The first-order valence-electron chi connectivity index (χ1n) is 34.5. The summed E-state index contributed by atoms with van der Waals surface area (Å²) in [5, 5.41) is 4.75.